The van der Waals surface area contributed by atoms with E-state index in [1.54, 1.807) is 6.07 Å². The molecule has 0 spiro atoms. The van der Waals surface area contributed by atoms with Gasteiger partial charge in [0.15, 0.2) is 0 Å². The zero-order valence-electron chi connectivity index (χ0n) is 10.6. The third-order valence-corrected chi connectivity index (χ3v) is 3.10. The average Bonchev–Trinajstić information content (AvgIpc) is 2.42. The molecule has 0 radical (unpaired) electrons. The molecule has 20 heavy (non-hydrogen) atoms. The molecule has 0 aliphatic rings. The fraction of sp³-hybridized carbons (Fsp3) is 0.333. The summed E-state index contributed by atoms with van der Waals surface area (Å²) in [6, 6.07) is 1.89. The Balaban J connectivity index is 2.71. The molecular weight excluding hydrogens is 332 g/mol. The maximum absolute atomic E-state index is 11.9. The predicted molar refractivity (Wildman–Crippen MR) is 72.1 cm³/mol. The number of aromatic nitrogens is 1. The number of methoxy groups -OCH3 is 1. The molecular formula is C12H13BrN2O5. The second-order valence-corrected chi connectivity index (χ2v) is 4.57. The van der Waals surface area contributed by atoms with Crippen molar-refractivity contribution in [1.29, 1.82) is 0 Å². The van der Waals surface area contributed by atoms with E-state index >= 15 is 0 Å². The van der Waals surface area contributed by atoms with Crippen LogP contribution in [0.25, 0.3) is 0 Å². The highest BCUT2D eigenvalue weighted by Gasteiger charge is 2.22. The van der Waals surface area contributed by atoms with Crippen LogP contribution in [0, 0.1) is 0 Å². The van der Waals surface area contributed by atoms with E-state index in [1.165, 1.54) is 19.4 Å². The smallest absolute Gasteiger partial charge is 0.326 e. The lowest BCUT2D eigenvalue weighted by Gasteiger charge is -2.14. The summed E-state index contributed by atoms with van der Waals surface area (Å²) in [6.45, 7) is 0. The molecule has 0 saturated heterocycles. The SMILES string of the molecule is COC(=O)CC[C@H](NC(=O)c1cccnc1Br)C(=O)O. The molecule has 8 heteroatoms. The van der Waals surface area contributed by atoms with Crippen LogP contribution < -0.4 is 5.32 Å². The number of aliphatic carboxylic acids is 1. The van der Waals surface area contributed by atoms with Crippen LogP contribution in [0.4, 0.5) is 0 Å². The van der Waals surface area contributed by atoms with Gasteiger partial charge < -0.3 is 15.2 Å². The number of pyridine rings is 1. The first-order chi connectivity index (χ1) is 9.45. The van der Waals surface area contributed by atoms with Gasteiger partial charge in [-0.1, -0.05) is 0 Å². The van der Waals surface area contributed by atoms with Gasteiger partial charge in [-0.15, -0.1) is 0 Å². The van der Waals surface area contributed by atoms with Gasteiger partial charge >= 0.3 is 11.9 Å². The van der Waals surface area contributed by atoms with Crippen molar-refractivity contribution in [3.8, 4) is 0 Å². The molecule has 0 saturated carbocycles. The summed E-state index contributed by atoms with van der Waals surface area (Å²) in [5.41, 5.74) is 0.219. The quantitative estimate of drug-likeness (QED) is 0.588. The topological polar surface area (TPSA) is 106 Å². The van der Waals surface area contributed by atoms with Crippen molar-refractivity contribution < 1.29 is 24.2 Å². The lowest BCUT2D eigenvalue weighted by molar-refractivity contribution is -0.142. The molecule has 0 aliphatic carbocycles. The fourth-order valence-electron chi connectivity index (χ4n) is 1.41. The molecule has 7 nitrogen and oxygen atoms in total. The molecule has 0 unspecified atom stereocenters. The maximum atomic E-state index is 11.9. The van der Waals surface area contributed by atoms with E-state index in [4.69, 9.17) is 5.11 Å². The van der Waals surface area contributed by atoms with Crippen molar-refractivity contribution in [1.82, 2.24) is 10.3 Å². The van der Waals surface area contributed by atoms with Crippen molar-refractivity contribution in [2.45, 2.75) is 18.9 Å². The molecule has 0 aliphatic heterocycles. The van der Waals surface area contributed by atoms with Gasteiger partial charge in [-0.05, 0) is 34.5 Å². The van der Waals surface area contributed by atoms with Crippen LogP contribution in [0.15, 0.2) is 22.9 Å². The zero-order chi connectivity index (χ0) is 15.1. The Kier molecular flexibility index (Phi) is 6.10. The molecule has 1 rings (SSSR count). The summed E-state index contributed by atoms with van der Waals surface area (Å²) in [5, 5.41) is 11.4. The van der Waals surface area contributed by atoms with Crippen LogP contribution in [0.5, 0.6) is 0 Å². The summed E-state index contributed by atoms with van der Waals surface area (Å²) in [5.74, 6) is -2.34. The number of carboxylic acid groups (broad SMARTS) is 1. The van der Waals surface area contributed by atoms with Crippen molar-refractivity contribution in [3.05, 3.63) is 28.5 Å². The van der Waals surface area contributed by atoms with E-state index < -0.39 is 23.9 Å². The monoisotopic (exact) mass is 344 g/mol. The highest BCUT2D eigenvalue weighted by Crippen LogP contribution is 2.13. The lowest BCUT2D eigenvalue weighted by Crippen LogP contribution is -2.41. The number of amides is 1. The Morgan fingerprint density at radius 2 is 2.20 bits per heavy atom. The summed E-state index contributed by atoms with van der Waals surface area (Å²) >= 11 is 3.10. The number of hydrogen-bond acceptors (Lipinski definition) is 5. The minimum absolute atomic E-state index is 0.0500. The Bertz CT molecular complexity index is 520. The van der Waals surface area contributed by atoms with Gasteiger partial charge in [0.25, 0.3) is 5.91 Å². The van der Waals surface area contributed by atoms with Crippen molar-refractivity contribution in [2.24, 2.45) is 0 Å². The van der Waals surface area contributed by atoms with Crippen LogP contribution in [0.3, 0.4) is 0 Å². The molecule has 2 N–H and O–H groups in total. The Morgan fingerprint density at radius 1 is 1.50 bits per heavy atom. The second-order valence-electron chi connectivity index (χ2n) is 3.82. The number of halogens is 1. The van der Waals surface area contributed by atoms with Gasteiger partial charge in [-0.3, -0.25) is 9.59 Å². The predicted octanol–water partition coefficient (Wildman–Crippen LogP) is 0.980. The van der Waals surface area contributed by atoms with Gasteiger partial charge in [0.05, 0.1) is 12.7 Å². The third-order valence-electron chi connectivity index (χ3n) is 2.47. The molecule has 1 heterocycles. The first-order valence-corrected chi connectivity index (χ1v) is 6.46. The van der Waals surface area contributed by atoms with Crippen LogP contribution in [-0.2, 0) is 14.3 Å². The first kappa shape index (κ1) is 16.1. The van der Waals surface area contributed by atoms with Crippen LogP contribution >= 0.6 is 15.9 Å². The highest BCUT2D eigenvalue weighted by atomic mass is 79.9. The standard InChI is InChI=1S/C12H13BrN2O5/c1-20-9(16)5-4-8(12(18)19)15-11(17)7-3-2-6-14-10(7)13/h2-3,6,8H,4-5H2,1H3,(H,15,17)(H,18,19)/t8-/m0/s1. The molecule has 1 aromatic heterocycles. The van der Waals surface area contributed by atoms with Gasteiger partial charge in [0.1, 0.15) is 10.6 Å². The van der Waals surface area contributed by atoms with Crippen LogP contribution in [0.2, 0.25) is 0 Å². The van der Waals surface area contributed by atoms with Crippen LogP contribution in [0.1, 0.15) is 23.2 Å². The molecule has 0 fully saturated rings. The highest BCUT2D eigenvalue weighted by molar-refractivity contribution is 9.10. The Morgan fingerprint density at radius 3 is 2.75 bits per heavy atom. The maximum Gasteiger partial charge on any atom is 0.326 e. The van der Waals surface area contributed by atoms with Gasteiger partial charge in [0, 0.05) is 12.6 Å². The Hall–Kier alpha value is -1.96. The number of carbonyl (C=O) groups excluding carboxylic acids is 2. The minimum atomic E-state index is -1.22. The first-order valence-electron chi connectivity index (χ1n) is 5.66. The second kappa shape index (κ2) is 7.59. The third kappa shape index (κ3) is 4.61. The summed E-state index contributed by atoms with van der Waals surface area (Å²) in [6.07, 6.45) is 1.35. The van der Waals surface area contributed by atoms with Gasteiger partial charge in [0.2, 0.25) is 0 Å². The van der Waals surface area contributed by atoms with Gasteiger partial charge in [-0.25, -0.2) is 9.78 Å². The lowest BCUT2D eigenvalue weighted by atomic mass is 10.1. The van der Waals surface area contributed by atoms with Crippen LogP contribution in [-0.4, -0.2) is 41.1 Å². The fourth-order valence-corrected chi connectivity index (χ4v) is 1.84. The number of ether oxygens (including phenoxy) is 1. The Labute approximate surface area is 123 Å². The minimum Gasteiger partial charge on any atom is -0.480 e. The molecule has 1 aromatic rings. The number of carbonyl (C=O) groups is 3. The van der Waals surface area contributed by atoms with E-state index in [-0.39, 0.29) is 18.4 Å². The van der Waals surface area contributed by atoms with Crippen molar-refractivity contribution in [2.75, 3.05) is 7.11 Å². The number of nitrogens with zero attached hydrogens (tertiary/aromatic N) is 1. The summed E-state index contributed by atoms with van der Waals surface area (Å²) < 4.78 is 4.74. The van der Waals surface area contributed by atoms with Gasteiger partial charge in [-0.2, -0.15) is 0 Å². The number of nitrogens with one attached hydrogen (secondary N) is 1. The molecule has 1 atom stereocenters. The molecule has 108 valence electrons. The molecule has 1 amide bonds. The van der Waals surface area contributed by atoms with Crippen molar-refractivity contribution in [3.63, 3.8) is 0 Å². The number of rotatable bonds is 6. The largest absolute Gasteiger partial charge is 0.480 e. The zero-order valence-corrected chi connectivity index (χ0v) is 12.2. The molecule has 0 aromatic carbocycles. The number of hydrogen-bond donors (Lipinski definition) is 2. The van der Waals surface area contributed by atoms with Crippen molar-refractivity contribution >= 4 is 33.8 Å². The van der Waals surface area contributed by atoms with E-state index in [0.717, 1.165) is 0 Å². The van der Waals surface area contributed by atoms with E-state index in [1.807, 2.05) is 0 Å². The molecule has 0 bridgehead atoms. The average molecular weight is 345 g/mol. The van der Waals surface area contributed by atoms with E-state index in [9.17, 15) is 14.4 Å². The number of esters is 1. The normalized spacial score (nSPS) is 11.5. The van der Waals surface area contributed by atoms with E-state index in [2.05, 4.69) is 31.0 Å². The summed E-state index contributed by atoms with van der Waals surface area (Å²) in [7, 11) is 1.21. The van der Waals surface area contributed by atoms with E-state index in [0.29, 0.717) is 4.60 Å². The summed E-state index contributed by atoms with van der Waals surface area (Å²) in [4.78, 5) is 37.9. The number of carboxylic acids is 1.